The maximum absolute atomic E-state index is 13.4. The molecule has 0 radical (unpaired) electrons. The van der Waals surface area contributed by atoms with E-state index >= 15 is 0 Å². The lowest BCUT2D eigenvalue weighted by atomic mass is 10.1. The molecule has 0 aromatic heterocycles. The number of nitrogens with two attached hydrogens (primary N) is 1. The number of halogens is 2. The predicted molar refractivity (Wildman–Crippen MR) is 59.4 cm³/mol. The highest BCUT2D eigenvalue weighted by Crippen LogP contribution is 2.48. The van der Waals surface area contributed by atoms with Gasteiger partial charge in [-0.25, -0.2) is 8.78 Å². The van der Waals surface area contributed by atoms with Crippen molar-refractivity contribution in [2.24, 2.45) is 11.7 Å². The van der Waals surface area contributed by atoms with Crippen LogP contribution in [0, 0.1) is 17.6 Å². The van der Waals surface area contributed by atoms with Crippen LogP contribution >= 0.6 is 0 Å². The lowest BCUT2D eigenvalue weighted by Crippen LogP contribution is -2.34. The molecule has 1 aliphatic carbocycles. The zero-order valence-electron chi connectivity index (χ0n) is 9.45. The Balaban J connectivity index is 1.98. The summed E-state index contributed by atoms with van der Waals surface area (Å²) in [6.45, 7) is -0.228. The van der Waals surface area contributed by atoms with E-state index in [-0.39, 0.29) is 24.3 Å². The van der Waals surface area contributed by atoms with E-state index in [4.69, 9.17) is 5.73 Å². The van der Waals surface area contributed by atoms with Crippen LogP contribution in [0.5, 0.6) is 0 Å². The number of nitrogens with one attached hydrogen (secondary N) is 1. The van der Waals surface area contributed by atoms with Gasteiger partial charge in [0.2, 0.25) is 11.8 Å². The molecular weight excluding hydrogens is 242 g/mol. The summed E-state index contributed by atoms with van der Waals surface area (Å²) >= 11 is 0. The number of rotatable bonds is 4. The fraction of sp³-hybridized carbons (Fsp3) is 0.333. The largest absolute Gasteiger partial charge is 0.368 e. The molecule has 1 saturated carbocycles. The normalized spacial score (nSPS) is 21.4. The summed E-state index contributed by atoms with van der Waals surface area (Å²) in [5.74, 6) is -2.88. The highest BCUT2D eigenvalue weighted by atomic mass is 19.1. The van der Waals surface area contributed by atoms with Gasteiger partial charge in [0.15, 0.2) is 0 Å². The van der Waals surface area contributed by atoms with Gasteiger partial charge in [-0.1, -0.05) is 6.07 Å². The highest BCUT2D eigenvalue weighted by Gasteiger charge is 2.45. The van der Waals surface area contributed by atoms with Gasteiger partial charge >= 0.3 is 0 Å². The Hall–Kier alpha value is -1.98. The van der Waals surface area contributed by atoms with Gasteiger partial charge in [0, 0.05) is 12.0 Å². The molecule has 6 heteroatoms. The van der Waals surface area contributed by atoms with E-state index in [1.54, 1.807) is 0 Å². The molecular formula is C12H12F2N2O2. The average Bonchev–Trinajstić information content (AvgIpc) is 3.05. The number of carbonyl (C=O) groups is 2. The van der Waals surface area contributed by atoms with Gasteiger partial charge in [0.25, 0.3) is 0 Å². The second-order valence-corrected chi connectivity index (χ2v) is 4.30. The third-order valence-corrected chi connectivity index (χ3v) is 2.93. The molecule has 2 amide bonds. The van der Waals surface area contributed by atoms with E-state index in [9.17, 15) is 18.4 Å². The molecule has 0 spiro atoms. The summed E-state index contributed by atoms with van der Waals surface area (Å²) in [6, 6.07) is 3.30. The number of primary amides is 1. The second kappa shape index (κ2) is 4.72. The van der Waals surface area contributed by atoms with Gasteiger partial charge in [0.1, 0.15) is 11.6 Å². The summed E-state index contributed by atoms with van der Waals surface area (Å²) in [5.41, 5.74) is 5.22. The maximum Gasteiger partial charge on any atom is 0.236 e. The molecule has 0 saturated heterocycles. The van der Waals surface area contributed by atoms with Crippen molar-refractivity contribution in [3.8, 4) is 0 Å². The van der Waals surface area contributed by atoms with Gasteiger partial charge in [-0.15, -0.1) is 0 Å². The molecule has 96 valence electrons. The molecule has 3 N–H and O–H groups in total. The minimum atomic E-state index is -0.648. The molecule has 0 unspecified atom stereocenters. The Labute approximate surface area is 102 Å². The van der Waals surface area contributed by atoms with E-state index in [0.717, 1.165) is 12.1 Å². The van der Waals surface area contributed by atoms with Crippen LogP contribution in [0.4, 0.5) is 8.78 Å². The van der Waals surface area contributed by atoms with E-state index < -0.39 is 17.5 Å². The highest BCUT2D eigenvalue weighted by molar-refractivity contribution is 5.87. The number of carbonyl (C=O) groups excluding carboxylic acids is 2. The summed E-state index contributed by atoms with van der Waals surface area (Å²) < 4.78 is 26.2. The van der Waals surface area contributed by atoms with Crippen molar-refractivity contribution in [2.45, 2.75) is 12.3 Å². The first-order valence-electron chi connectivity index (χ1n) is 5.50. The Morgan fingerprint density at radius 1 is 1.39 bits per heavy atom. The first-order chi connectivity index (χ1) is 8.49. The van der Waals surface area contributed by atoms with E-state index in [2.05, 4.69) is 5.32 Å². The van der Waals surface area contributed by atoms with Crippen LogP contribution in [0.15, 0.2) is 18.2 Å². The van der Waals surface area contributed by atoms with Gasteiger partial charge in [-0.3, -0.25) is 9.59 Å². The van der Waals surface area contributed by atoms with Crippen molar-refractivity contribution >= 4 is 11.8 Å². The Bertz CT molecular complexity index is 505. The van der Waals surface area contributed by atoms with Gasteiger partial charge < -0.3 is 11.1 Å². The molecule has 2 rings (SSSR count). The third kappa shape index (κ3) is 2.64. The summed E-state index contributed by atoms with van der Waals surface area (Å²) in [5, 5.41) is 2.36. The minimum Gasteiger partial charge on any atom is -0.368 e. The standard InChI is InChI=1S/C12H12F2N2O2/c13-6-1-2-7(10(14)3-6)8-4-9(8)12(18)16-5-11(15)17/h1-3,8-9H,4-5H2,(H2,15,17)(H,16,18)/t8-,9+/m0/s1. The fourth-order valence-electron chi connectivity index (χ4n) is 1.94. The van der Waals surface area contributed by atoms with Gasteiger partial charge in [-0.05, 0) is 24.0 Å². The topological polar surface area (TPSA) is 72.2 Å². The van der Waals surface area contributed by atoms with Crippen molar-refractivity contribution < 1.29 is 18.4 Å². The molecule has 18 heavy (non-hydrogen) atoms. The average molecular weight is 254 g/mol. The fourth-order valence-corrected chi connectivity index (χ4v) is 1.94. The van der Waals surface area contributed by atoms with E-state index in [0.29, 0.717) is 12.0 Å². The lowest BCUT2D eigenvalue weighted by molar-refractivity contribution is -0.125. The van der Waals surface area contributed by atoms with E-state index in [1.807, 2.05) is 0 Å². The van der Waals surface area contributed by atoms with Crippen LogP contribution in [0.2, 0.25) is 0 Å². The van der Waals surface area contributed by atoms with Crippen molar-refractivity contribution in [2.75, 3.05) is 6.54 Å². The first kappa shape index (κ1) is 12.5. The number of benzene rings is 1. The third-order valence-electron chi connectivity index (χ3n) is 2.93. The van der Waals surface area contributed by atoms with Crippen LogP contribution < -0.4 is 11.1 Å². The lowest BCUT2D eigenvalue weighted by Gasteiger charge is -2.03. The quantitative estimate of drug-likeness (QED) is 0.829. The van der Waals surface area contributed by atoms with Gasteiger partial charge in [0.05, 0.1) is 6.54 Å². The molecule has 0 heterocycles. The van der Waals surface area contributed by atoms with Crippen LogP contribution in [0.1, 0.15) is 17.9 Å². The van der Waals surface area contributed by atoms with Crippen molar-refractivity contribution in [3.05, 3.63) is 35.4 Å². The van der Waals surface area contributed by atoms with Crippen molar-refractivity contribution in [3.63, 3.8) is 0 Å². The van der Waals surface area contributed by atoms with Crippen molar-refractivity contribution in [1.29, 1.82) is 0 Å². The molecule has 0 aliphatic heterocycles. The van der Waals surface area contributed by atoms with Crippen LogP contribution in [0.3, 0.4) is 0 Å². The molecule has 1 fully saturated rings. The summed E-state index contributed by atoms with van der Waals surface area (Å²) in [7, 11) is 0. The predicted octanol–water partition coefficient (Wildman–Crippen LogP) is 0.670. The monoisotopic (exact) mass is 254 g/mol. The molecule has 1 aromatic carbocycles. The molecule has 1 aromatic rings. The number of hydrogen-bond donors (Lipinski definition) is 2. The minimum absolute atomic E-state index is 0.228. The second-order valence-electron chi connectivity index (χ2n) is 4.30. The Morgan fingerprint density at radius 3 is 2.72 bits per heavy atom. The van der Waals surface area contributed by atoms with Crippen LogP contribution in [0.25, 0.3) is 0 Å². The van der Waals surface area contributed by atoms with Crippen molar-refractivity contribution in [1.82, 2.24) is 5.32 Å². The zero-order valence-corrected chi connectivity index (χ0v) is 9.45. The molecule has 1 aliphatic rings. The number of amides is 2. The van der Waals surface area contributed by atoms with Crippen LogP contribution in [-0.4, -0.2) is 18.4 Å². The number of hydrogen-bond acceptors (Lipinski definition) is 2. The maximum atomic E-state index is 13.4. The summed E-state index contributed by atoms with van der Waals surface area (Å²) in [6.07, 6.45) is 0.493. The molecule has 0 bridgehead atoms. The SMILES string of the molecule is NC(=O)CNC(=O)[C@@H]1C[C@H]1c1ccc(F)cc1F. The molecule has 4 nitrogen and oxygen atoms in total. The zero-order chi connectivity index (χ0) is 13.3. The smallest absolute Gasteiger partial charge is 0.236 e. The van der Waals surface area contributed by atoms with Gasteiger partial charge in [-0.2, -0.15) is 0 Å². The van der Waals surface area contributed by atoms with Crippen LogP contribution in [-0.2, 0) is 9.59 Å². The molecule has 2 atom stereocenters. The van der Waals surface area contributed by atoms with E-state index in [1.165, 1.54) is 6.07 Å². The summed E-state index contributed by atoms with van der Waals surface area (Å²) in [4.78, 5) is 22.1. The Kier molecular flexibility index (Phi) is 3.27. The Morgan fingerprint density at radius 2 is 2.11 bits per heavy atom. The first-order valence-corrected chi connectivity index (χ1v) is 5.50.